The summed E-state index contributed by atoms with van der Waals surface area (Å²) in [4.78, 5) is 26.6. The zero-order valence-corrected chi connectivity index (χ0v) is 18.0. The van der Waals surface area contributed by atoms with Crippen LogP contribution in [-0.2, 0) is 10.3 Å². The summed E-state index contributed by atoms with van der Waals surface area (Å²) in [6.07, 6.45) is 3.86. The number of fused-ring (bicyclic) bond motifs is 1. The van der Waals surface area contributed by atoms with Gasteiger partial charge in [-0.2, -0.15) is 4.74 Å². The van der Waals surface area contributed by atoms with Crippen molar-refractivity contribution in [1.29, 1.82) is 0 Å². The number of nitrogens with one attached hydrogen (secondary N) is 1. The molecule has 7 heteroatoms. The number of aromatic nitrogens is 1. The first-order valence-electron chi connectivity index (χ1n) is 9.73. The van der Waals surface area contributed by atoms with Crippen LogP contribution in [0.3, 0.4) is 0 Å². The highest BCUT2D eigenvalue weighted by molar-refractivity contribution is 9.10. The van der Waals surface area contributed by atoms with E-state index >= 15 is 0 Å². The van der Waals surface area contributed by atoms with E-state index in [1.807, 2.05) is 25.1 Å². The number of aryl methyl sites for hydroxylation is 1. The predicted molar refractivity (Wildman–Crippen MR) is 116 cm³/mol. The Morgan fingerprint density at radius 2 is 1.97 bits per heavy atom. The Bertz CT molecular complexity index is 1130. The van der Waals surface area contributed by atoms with Crippen molar-refractivity contribution in [3.63, 3.8) is 0 Å². The molecule has 29 heavy (non-hydrogen) atoms. The van der Waals surface area contributed by atoms with Gasteiger partial charge in [0, 0.05) is 11.8 Å². The van der Waals surface area contributed by atoms with Crippen LogP contribution < -0.4 is 15.6 Å². The maximum absolute atomic E-state index is 13.5. The number of hydrogen-bond acceptors (Lipinski definition) is 4. The zero-order chi connectivity index (χ0) is 20.6. The maximum Gasteiger partial charge on any atom is 0.291 e. The van der Waals surface area contributed by atoms with Crippen molar-refractivity contribution >= 4 is 38.5 Å². The van der Waals surface area contributed by atoms with Gasteiger partial charge >= 0.3 is 0 Å². The summed E-state index contributed by atoms with van der Waals surface area (Å²) in [5, 5.41) is 3.46. The fourth-order valence-corrected chi connectivity index (χ4v) is 4.54. The lowest BCUT2D eigenvalue weighted by Crippen LogP contribution is -2.50. The lowest BCUT2D eigenvalue weighted by atomic mass is 9.81. The summed E-state index contributed by atoms with van der Waals surface area (Å²) >= 11 is 3.44. The number of benzene rings is 2. The van der Waals surface area contributed by atoms with Crippen molar-refractivity contribution in [3.8, 4) is 5.75 Å². The first-order chi connectivity index (χ1) is 14.0. The van der Waals surface area contributed by atoms with Crippen LogP contribution in [0.1, 0.15) is 37.7 Å². The van der Waals surface area contributed by atoms with Crippen molar-refractivity contribution in [3.05, 3.63) is 56.8 Å². The Balaban J connectivity index is 1.78. The van der Waals surface area contributed by atoms with Gasteiger partial charge in [0.15, 0.2) is 11.1 Å². The number of nitrogens with zero attached hydrogens (tertiary/aromatic N) is 1. The largest absolute Gasteiger partial charge is 0.496 e. The molecule has 1 amide bonds. The van der Waals surface area contributed by atoms with E-state index < -0.39 is 5.54 Å². The number of carbonyl (C=O) groups excluding carboxylic acids is 1. The van der Waals surface area contributed by atoms with Crippen molar-refractivity contribution in [2.75, 3.05) is 12.4 Å². The minimum absolute atomic E-state index is 0.236. The summed E-state index contributed by atoms with van der Waals surface area (Å²) in [7, 11) is 1.60. The Labute approximate surface area is 176 Å². The molecule has 0 saturated heterocycles. The second-order valence-corrected chi connectivity index (χ2v) is 8.39. The van der Waals surface area contributed by atoms with Crippen LogP contribution in [0, 0.1) is 6.92 Å². The Morgan fingerprint density at radius 3 is 2.66 bits per heavy atom. The molecule has 4 rings (SSSR count). The number of halogens is 1. The third-order valence-electron chi connectivity index (χ3n) is 5.72. The summed E-state index contributed by atoms with van der Waals surface area (Å²) in [5.74, 6) is 0.464. The van der Waals surface area contributed by atoms with Crippen LogP contribution >= 0.6 is 15.9 Å². The molecule has 1 fully saturated rings. The van der Waals surface area contributed by atoms with Crippen LogP contribution in [0.2, 0.25) is 0 Å². The van der Waals surface area contributed by atoms with Crippen molar-refractivity contribution in [2.45, 2.75) is 44.6 Å². The van der Waals surface area contributed by atoms with E-state index in [-0.39, 0.29) is 11.5 Å². The van der Waals surface area contributed by atoms with Crippen LogP contribution in [0.25, 0.3) is 11.0 Å². The van der Waals surface area contributed by atoms with Crippen molar-refractivity contribution in [1.82, 2.24) is 4.74 Å². The number of para-hydroxylation sites is 1. The average Bonchev–Trinajstić information content (AvgIpc) is 3.08. The lowest BCUT2D eigenvalue weighted by Gasteiger charge is -2.34. The van der Waals surface area contributed by atoms with Gasteiger partial charge in [0.1, 0.15) is 5.75 Å². The zero-order valence-electron chi connectivity index (χ0n) is 16.5. The molecule has 0 spiro atoms. The van der Waals surface area contributed by atoms with Gasteiger partial charge in [0.25, 0.3) is 11.5 Å². The number of carbonyl (C=O) groups is 1. The van der Waals surface area contributed by atoms with Crippen molar-refractivity contribution in [2.24, 2.45) is 0 Å². The number of methoxy groups -OCH3 is 1. The van der Waals surface area contributed by atoms with Gasteiger partial charge in [0.05, 0.1) is 17.0 Å². The Kier molecular flexibility index (Phi) is 5.25. The number of rotatable bonds is 4. The third kappa shape index (κ3) is 3.37. The molecule has 1 aliphatic carbocycles. The third-order valence-corrected chi connectivity index (χ3v) is 6.35. The summed E-state index contributed by atoms with van der Waals surface area (Å²) in [6.45, 7) is 1.94. The Hall–Kier alpha value is -2.54. The van der Waals surface area contributed by atoms with Gasteiger partial charge in [0.2, 0.25) is 0 Å². The van der Waals surface area contributed by atoms with E-state index in [2.05, 4.69) is 21.2 Å². The molecule has 1 N–H and O–H groups in total. The predicted octanol–water partition coefficient (Wildman–Crippen LogP) is 4.97. The molecule has 0 bridgehead atoms. The van der Waals surface area contributed by atoms with Crippen LogP contribution in [0.4, 0.5) is 5.69 Å². The first-order valence-corrected chi connectivity index (χ1v) is 10.5. The monoisotopic (exact) mass is 458 g/mol. The lowest BCUT2D eigenvalue weighted by molar-refractivity contribution is -0.129. The molecule has 0 radical (unpaired) electrons. The molecular formula is C22H23BrN2O4. The molecule has 1 aromatic heterocycles. The van der Waals surface area contributed by atoms with E-state index in [1.165, 1.54) is 4.74 Å². The summed E-state index contributed by atoms with van der Waals surface area (Å²) < 4.78 is 13.3. The molecule has 1 saturated carbocycles. The second-order valence-electron chi connectivity index (χ2n) is 7.54. The van der Waals surface area contributed by atoms with E-state index in [9.17, 15) is 9.59 Å². The molecule has 0 aliphatic heterocycles. The molecule has 0 unspecified atom stereocenters. The van der Waals surface area contributed by atoms with Gasteiger partial charge in [-0.3, -0.25) is 9.59 Å². The highest BCUT2D eigenvalue weighted by Crippen LogP contribution is 2.37. The topological polar surface area (TPSA) is 73.5 Å². The van der Waals surface area contributed by atoms with Gasteiger partial charge in [-0.1, -0.05) is 31.4 Å². The summed E-state index contributed by atoms with van der Waals surface area (Å²) in [5.41, 5.74) is 0.752. The molecule has 6 nitrogen and oxygen atoms in total. The molecule has 3 aromatic rings. The number of hydrogen-bond donors (Lipinski definition) is 1. The maximum atomic E-state index is 13.5. The molecule has 152 valence electrons. The molecule has 1 aliphatic rings. The second kappa shape index (κ2) is 7.71. The Morgan fingerprint density at radius 1 is 1.21 bits per heavy atom. The minimum atomic E-state index is -1.05. The number of ether oxygens (including phenoxy) is 1. The van der Waals surface area contributed by atoms with Crippen LogP contribution in [-0.4, -0.2) is 17.8 Å². The van der Waals surface area contributed by atoms with Crippen LogP contribution in [0.5, 0.6) is 5.75 Å². The van der Waals surface area contributed by atoms with Gasteiger partial charge < -0.3 is 14.6 Å². The van der Waals surface area contributed by atoms with Crippen LogP contribution in [0.15, 0.2) is 50.2 Å². The normalized spacial score (nSPS) is 16.0. The summed E-state index contributed by atoms with van der Waals surface area (Å²) in [6, 6.07) is 10.9. The SMILES string of the molecule is COc1cc(NC(=O)C2(n3oc4c(Br)cccc4c3=O)CCCCC2)ccc1C. The molecule has 2 aromatic carbocycles. The van der Waals surface area contributed by atoms with E-state index in [0.29, 0.717) is 39.7 Å². The highest BCUT2D eigenvalue weighted by atomic mass is 79.9. The van der Waals surface area contributed by atoms with Gasteiger partial charge in [-0.25, -0.2) is 0 Å². The van der Waals surface area contributed by atoms with Gasteiger partial charge in [-0.15, -0.1) is 0 Å². The smallest absolute Gasteiger partial charge is 0.291 e. The highest BCUT2D eigenvalue weighted by Gasteiger charge is 2.45. The quantitative estimate of drug-likeness (QED) is 0.598. The molecule has 0 atom stereocenters. The van der Waals surface area contributed by atoms with E-state index in [0.717, 1.165) is 24.8 Å². The van der Waals surface area contributed by atoms with E-state index in [1.54, 1.807) is 25.3 Å². The van der Waals surface area contributed by atoms with E-state index in [4.69, 9.17) is 9.26 Å². The molecular weight excluding hydrogens is 436 g/mol. The fourth-order valence-electron chi connectivity index (χ4n) is 4.10. The fraction of sp³-hybridized carbons (Fsp3) is 0.364. The average molecular weight is 459 g/mol. The number of anilines is 1. The van der Waals surface area contributed by atoms with Crippen molar-refractivity contribution < 1.29 is 14.1 Å². The minimum Gasteiger partial charge on any atom is -0.496 e. The molecule has 1 heterocycles. The number of amides is 1. The first kappa shape index (κ1) is 19.8. The van der Waals surface area contributed by atoms with Gasteiger partial charge in [-0.05, 0) is 59.5 Å². The standard InChI is InChI=1S/C22H23BrN2O4/c1-14-9-10-15(13-18(14)28-2)24-21(27)22(11-4-3-5-12-22)25-20(26)16-7-6-8-17(23)19(16)29-25/h6-10,13H,3-5,11-12H2,1-2H3,(H,24,27).